The molecular formula is C17H25Cl2N5O2. The van der Waals surface area contributed by atoms with E-state index in [1.54, 1.807) is 0 Å². The Bertz CT molecular complexity index is 699. The minimum absolute atomic E-state index is 0. The minimum atomic E-state index is 0. The molecule has 1 unspecified atom stereocenters. The molecule has 0 radical (unpaired) electrons. The molecular weight excluding hydrogens is 377 g/mol. The second-order valence-corrected chi connectivity index (χ2v) is 6.19. The Morgan fingerprint density at radius 2 is 1.81 bits per heavy atom. The van der Waals surface area contributed by atoms with Crippen LogP contribution < -0.4 is 5.73 Å². The van der Waals surface area contributed by atoms with E-state index in [2.05, 4.69) is 22.0 Å². The topological polar surface area (TPSA) is 88.5 Å². The molecule has 1 aromatic carbocycles. The van der Waals surface area contributed by atoms with Crippen LogP contribution in [0.3, 0.4) is 0 Å². The summed E-state index contributed by atoms with van der Waals surface area (Å²) in [7, 11) is 0. The third kappa shape index (κ3) is 5.33. The highest BCUT2D eigenvalue weighted by Gasteiger charge is 2.27. The van der Waals surface area contributed by atoms with Crippen molar-refractivity contribution < 1.29 is 9.32 Å². The summed E-state index contributed by atoms with van der Waals surface area (Å²) >= 11 is 0. The van der Waals surface area contributed by atoms with Crippen molar-refractivity contribution in [3.05, 3.63) is 41.5 Å². The highest BCUT2D eigenvalue weighted by molar-refractivity contribution is 5.85. The van der Waals surface area contributed by atoms with Gasteiger partial charge in [0, 0.05) is 31.9 Å². The number of amides is 1. The van der Waals surface area contributed by atoms with Crippen molar-refractivity contribution in [1.82, 2.24) is 19.9 Å². The smallest absolute Gasteiger partial charge is 0.243 e. The molecule has 2 heterocycles. The molecule has 1 aliphatic heterocycles. The van der Waals surface area contributed by atoms with Gasteiger partial charge in [0.05, 0.1) is 12.5 Å². The van der Waals surface area contributed by atoms with Gasteiger partial charge in [-0.1, -0.05) is 17.3 Å². The Morgan fingerprint density at radius 1 is 1.19 bits per heavy atom. The summed E-state index contributed by atoms with van der Waals surface area (Å²) in [6.07, 6.45) is 0.415. The summed E-state index contributed by atoms with van der Waals surface area (Å²) in [5.41, 5.74) is 7.38. The van der Waals surface area contributed by atoms with Crippen LogP contribution in [0.25, 0.3) is 0 Å². The van der Waals surface area contributed by atoms with Gasteiger partial charge in [-0.2, -0.15) is 4.98 Å². The molecule has 0 bridgehead atoms. The van der Waals surface area contributed by atoms with E-state index in [1.165, 1.54) is 0 Å². The number of hydrogen-bond donors (Lipinski definition) is 1. The quantitative estimate of drug-likeness (QED) is 0.790. The van der Waals surface area contributed by atoms with Gasteiger partial charge in [0.2, 0.25) is 11.8 Å². The van der Waals surface area contributed by atoms with Crippen LogP contribution in [-0.4, -0.2) is 52.0 Å². The van der Waals surface area contributed by atoms with E-state index >= 15 is 0 Å². The van der Waals surface area contributed by atoms with Crippen LogP contribution >= 0.6 is 24.8 Å². The van der Waals surface area contributed by atoms with Crippen molar-refractivity contribution >= 4 is 36.4 Å². The number of carbonyl (C=O) groups excluding carboxylic acids is 1. The van der Waals surface area contributed by atoms with E-state index in [0.29, 0.717) is 36.9 Å². The van der Waals surface area contributed by atoms with Gasteiger partial charge in [0.25, 0.3) is 0 Å². The zero-order chi connectivity index (χ0) is 17.1. The predicted octanol–water partition coefficient (Wildman–Crippen LogP) is 2.25. The standard InChI is InChI=1S/C17H23N5O2.2ClH/c1-12(17-19-13(2)20-24-17)21-7-9-22(10-8-21)16(23)11-14-3-5-15(18)6-4-14;;/h3-6,12H,7-11,18H2,1-2H3;2*1H. The third-order valence-corrected chi connectivity index (χ3v) is 4.45. The molecule has 1 saturated heterocycles. The Hall–Kier alpha value is -1.83. The molecule has 0 spiro atoms. The number of aromatic nitrogens is 2. The SMILES string of the molecule is Cc1noc(C(C)N2CCN(C(=O)Cc3ccc(N)cc3)CC2)n1.Cl.Cl. The highest BCUT2D eigenvalue weighted by Crippen LogP contribution is 2.20. The van der Waals surface area contributed by atoms with Crippen molar-refractivity contribution in [3.63, 3.8) is 0 Å². The van der Waals surface area contributed by atoms with Crippen LogP contribution in [0.1, 0.15) is 30.2 Å². The lowest BCUT2D eigenvalue weighted by molar-refractivity contribution is -0.132. The largest absolute Gasteiger partial charge is 0.399 e. The van der Waals surface area contributed by atoms with E-state index in [9.17, 15) is 4.79 Å². The van der Waals surface area contributed by atoms with Crippen molar-refractivity contribution in [2.75, 3.05) is 31.9 Å². The molecule has 0 saturated carbocycles. The van der Waals surface area contributed by atoms with Gasteiger partial charge in [-0.25, -0.2) is 0 Å². The summed E-state index contributed by atoms with van der Waals surface area (Å²) < 4.78 is 5.25. The first kappa shape index (κ1) is 22.2. The molecule has 1 aliphatic rings. The number of piperazine rings is 1. The Kier molecular flexibility index (Phi) is 8.33. The molecule has 1 atom stereocenters. The molecule has 1 aromatic heterocycles. The molecule has 0 aliphatic carbocycles. The predicted molar refractivity (Wildman–Crippen MR) is 105 cm³/mol. The lowest BCUT2D eigenvalue weighted by atomic mass is 10.1. The zero-order valence-electron chi connectivity index (χ0n) is 14.9. The highest BCUT2D eigenvalue weighted by atomic mass is 35.5. The average Bonchev–Trinajstić information content (AvgIpc) is 3.03. The number of benzene rings is 1. The van der Waals surface area contributed by atoms with E-state index < -0.39 is 0 Å². The van der Waals surface area contributed by atoms with E-state index in [4.69, 9.17) is 10.3 Å². The number of hydrogen-bond acceptors (Lipinski definition) is 6. The first-order valence-electron chi connectivity index (χ1n) is 8.19. The summed E-state index contributed by atoms with van der Waals surface area (Å²) in [5, 5.41) is 3.84. The van der Waals surface area contributed by atoms with Gasteiger partial charge < -0.3 is 15.2 Å². The molecule has 1 fully saturated rings. The number of carbonyl (C=O) groups is 1. The van der Waals surface area contributed by atoms with Crippen LogP contribution in [0.15, 0.2) is 28.8 Å². The lowest BCUT2D eigenvalue weighted by Crippen LogP contribution is -2.49. The molecule has 26 heavy (non-hydrogen) atoms. The van der Waals surface area contributed by atoms with Crippen molar-refractivity contribution in [2.24, 2.45) is 0 Å². The maximum absolute atomic E-state index is 12.4. The minimum Gasteiger partial charge on any atom is -0.399 e. The average molecular weight is 402 g/mol. The van der Waals surface area contributed by atoms with Crippen LogP contribution in [0.5, 0.6) is 0 Å². The fourth-order valence-electron chi connectivity index (χ4n) is 2.92. The molecule has 2 N–H and O–H groups in total. The fourth-order valence-corrected chi connectivity index (χ4v) is 2.92. The fraction of sp³-hybridized carbons (Fsp3) is 0.471. The molecule has 9 heteroatoms. The number of halogens is 2. The van der Waals surface area contributed by atoms with Gasteiger partial charge in [0.1, 0.15) is 0 Å². The molecule has 1 amide bonds. The maximum atomic E-state index is 12.4. The second-order valence-electron chi connectivity index (χ2n) is 6.19. The third-order valence-electron chi connectivity index (χ3n) is 4.45. The summed E-state index contributed by atoms with van der Waals surface area (Å²) in [4.78, 5) is 20.9. The number of aryl methyl sites for hydroxylation is 1. The van der Waals surface area contributed by atoms with Crippen LogP contribution in [0.4, 0.5) is 5.69 Å². The Balaban J connectivity index is 0.00000169. The maximum Gasteiger partial charge on any atom is 0.243 e. The van der Waals surface area contributed by atoms with Gasteiger partial charge in [0.15, 0.2) is 5.82 Å². The summed E-state index contributed by atoms with van der Waals surface area (Å²) in [6.45, 7) is 6.90. The first-order valence-corrected chi connectivity index (χ1v) is 8.19. The first-order chi connectivity index (χ1) is 11.5. The number of rotatable bonds is 4. The number of nitrogen functional groups attached to an aromatic ring is 1. The van der Waals surface area contributed by atoms with Crippen LogP contribution in [0, 0.1) is 6.92 Å². The van der Waals surface area contributed by atoms with Crippen molar-refractivity contribution in [1.29, 1.82) is 0 Å². The van der Waals surface area contributed by atoms with Gasteiger partial charge in [-0.15, -0.1) is 24.8 Å². The van der Waals surface area contributed by atoms with E-state index in [1.807, 2.05) is 36.1 Å². The normalized spacial score (nSPS) is 15.7. The molecule has 2 aromatic rings. The van der Waals surface area contributed by atoms with Crippen molar-refractivity contribution in [3.8, 4) is 0 Å². The van der Waals surface area contributed by atoms with Gasteiger partial charge in [-0.05, 0) is 31.5 Å². The summed E-state index contributed by atoms with van der Waals surface area (Å²) in [5.74, 6) is 1.43. The molecule has 3 rings (SSSR count). The molecule has 144 valence electrons. The van der Waals surface area contributed by atoms with Crippen LogP contribution in [-0.2, 0) is 11.2 Å². The Morgan fingerprint density at radius 3 is 2.35 bits per heavy atom. The van der Waals surface area contributed by atoms with E-state index in [-0.39, 0.29) is 36.8 Å². The lowest BCUT2D eigenvalue weighted by Gasteiger charge is -2.36. The van der Waals surface area contributed by atoms with Crippen LogP contribution in [0.2, 0.25) is 0 Å². The monoisotopic (exact) mass is 401 g/mol. The number of nitrogens with two attached hydrogens (primary N) is 1. The van der Waals surface area contributed by atoms with Crippen molar-refractivity contribution in [2.45, 2.75) is 26.3 Å². The van der Waals surface area contributed by atoms with E-state index in [0.717, 1.165) is 18.7 Å². The number of anilines is 1. The number of nitrogens with zero attached hydrogens (tertiary/aromatic N) is 4. The van der Waals surface area contributed by atoms with Gasteiger partial charge in [-0.3, -0.25) is 9.69 Å². The summed E-state index contributed by atoms with van der Waals surface area (Å²) in [6, 6.07) is 7.54. The zero-order valence-corrected chi connectivity index (χ0v) is 16.6. The second kappa shape index (κ2) is 9.75. The Labute approximate surface area is 165 Å². The molecule has 7 nitrogen and oxygen atoms in total. The van der Waals surface area contributed by atoms with Gasteiger partial charge >= 0.3 is 0 Å².